The lowest BCUT2D eigenvalue weighted by atomic mass is 10.00. The van der Waals surface area contributed by atoms with Crippen molar-refractivity contribution >= 4 is 5.91 Å². The van der Waals surface area contributed by atoms with Gasteiger partial charge < -0.3 is 10.6 Å². The zero-order valence-corrected chi connectivity index (χ0v) is 9.31. The maximum atomic E-state index is 11.2. The van der Waals surface area contributed by atoms with Gasteiger partial charge in [-0.1, -0.05) is 12.8 Å². The molecule has 82 valence electrons. The summed E-state index contributed by atoms with van der Waals surface area (Å²) < 4.78 is 0. The Labute approximate surface area is 86.6 Å². The zero-order valence-electron chi connectivity index (χ0n) is 9.31. The standard InChI is InChI=1S/C11H22N2O/c1-3-12-11(14)8-13-9(2)10-6-4-5-7-10/h9-10,13H,3-8H2,1-2H3,(H,12,14)/t9-/m0/s1. The minimum atomic E-state index is 0.109. The van der Waals surface area contributed by atoms with E-state index in [1.165, 1.54) is 25.7 Å². The van der Waals surface area contributed by atoms with Crippen molar-refractivity contribution in [2.45, 2.75) is 45.6 Å². The second-order valence-corrected chi connectivity index (χ2v) is 4.17. The fraction of sp³-hybridized carbons (Fsp3) is 0.909. The van der Waals surface area contributed by atoms with Gasteiger partial charge >= 0.3 is 0 Å². The number of rotatable bonds is 5. The number of nitrogens with one attached hydrogen (secondary N) is 2. The molecule has 0 aliphatic heterocycles. The molecule has 0 saturated heterocycles. The van der Waals surface area contributed by atoms with Gasteiger partial charge in [-0.05, 0) is 32.6 Å². The fourth-order valence-electron chi connectivity index (χ4n) is 2.14. The largest absolute Gasteiger partial charge is 0.355 e. The second kappa shape index (κ2) is 6.02. The summed E-state index contributed by atoms with van der Waals surface area (Å²) in [6, 6.07) is 0.486. The molecule has 0 spiro atoms. The van der Waals surface area contributed by atoms with E-state index >= 15 is 0 Å². The van der Waals surface area contributed by atoms with E-state index in [1.54, 1.807) is 0 Å². The van der Waals surface area contributed by atoms with Crippen molar-refractivity contribution in [2.24, 2.45) is 5.92 Å². The summed E-state index contributed by atoms with van der Waals surface area (Å²) in [5, 5.41) is 6.09. The van der Waals surface area contributed by atoms with Crippen LogP contribution in [0.1, 0.15) is 39.5 Å². The van der Waals surface area contributed by atoms with E-state index in [4.69, 9.17) is 0 Å². The van der Waals surface area contributed by atoms with Crippen LogP contribution in [0.25, 0.3) is 0 Å². The van der Waals surface area contributed by atoms with Crippen LogP contribution in [0.4, 0.5) is 0 Å². The monoisotopic (exact) mass is 198 g/mol. The highest BCUT2D eigenvalue weighted by molar-refractivity contribution is 5.77. The van der Waals surface area contributed by atoms with Crippen molar-refractivity contribution < 1.29 is 4.79 Å². The van der Waals surface area contributed by atoms with Crippen molar-refractivity contribution in [3.63, 3.8) is 0 Å². The first kappa shape index (κ1) is 11.5. The Balaban J connectivity index is 2.13. The predicted molar refractivity (Wildman–Crippen MR) is 58.1 cm³/mol. The average Bonchev–Trinajstić information content (AvgIpc) is 2.67. The summed E-state index contributed by atoms with van der Waals surface area (Å²) in [7, 11) is 0. The third-order valence-corrected chi connectivity index (χ3v) is 3.07. The number of carbonyl (C=O) groups is 1. The Morgan fingerprint density at radius 2 is 2.07 bits per heavy atom. The highest BCUT2D eigenvalue weighted by Crippen LogP contribution is 2.27. The molecule has 0 unspecified atom stereocenters. The lowest BCUT2D eigenvalue weighted by Crippen LogP contribution is -2.40. The Morgan fingerprint density at radius 1 is 1.43 bits per heavy atom. The lowest BCUT2D eigenvalue weighted by Gasteiger charge is -2.19. The molecule has 0 aromatic heterocycles. The number of carbonyl (C=O) groups excluding carboxylic acids is 1. The first-order valence-corrected chi connectivity index (χ1v) is 5.74. The van der Waals surface area contributed by atoms with Gasteiger partial charge in [-0.2, -0.15) is 0 Å². The van der Waals surface area contributed by atoms with Gasteiger partial charge in [0.05, 0.1) is 6.54 Å². The fourth-order valence-corrected chi connectivity index (χ4v) is 2.14. The average molecular weight is 198 g/mol. The maximum absolute atomic E-state index is 11.2. The zero-order chi connectivity index (χ0) is 10.4. The molecule has 3 heteroatoms. The molecule has 1 fully saturated rings. The van der Waals surface area contributed by atoms with Gasteiger partial charge in [0.1, 0.15) is 0 Å². The van der Waals surface area contributed by atoms with Crippen LogP contribution in [0.5, 0.6) is 0 Å². The van der Waals surface area contributed by atoms with Crippen molar-refractivity contribution in [1.29, 1.82) is 0 Å². The number of hydrogen-bond acceptors (Lipinski definition) is 2. The Morgan fingerprint density at radius 3 is 2.64 bits per heavy atom. The van der Waals surface area contributed by atoms with Crippen LogP contribution in [0, 0.1) is 5.92 Å². The second-order valence-electron chi connectivity index (χ2n) is 4.17. The van der Waals surface area contributed by atoms with E-state index in [9.17, 15) is 4.79 Å². The smallest absolute Gasteiger partial charge is 0.233 e. The van der Waals surface area contributed by atoms with Crippen LogP contribution in [0.2, 0.25) is 0 Å². The molecule has 0 heterocycles. The molecule has 2 N–H and O–H groups in total. The summed E-state index contributed by atoms with van der Waals surface area (Å²) in [5.41, 5.74) is 0. The lowest BCUT2D eigenvalue weighted by molar-refractivity contribution is -0.120. The SMILES string of the molecule is CCNC(=O)CN[C@@H](C)C1CCCC1. The van der Waals surface area contributed by atoms with Gasteiger partial charge in [0.2, 0.25) is 5.91 Å². The third kappa shape index (κ3) is 3.66. The van der Waals surface area contributed by atoms with Crippen LogP contribution in [0.3, 0.4) is 0 Å². The molecule has 1 saturated carbocycles. The van der Waals surface area contributed by atoms with E-state index in [-0.39, 0.29) is 5.91 Å². The van der Waals surface area contributed by atoms with E-state index in [1.807, 2.05) is 6.92 Å². The van der Waals surface area contributed by atoms with E-state index < -0.39 is 0 Å². The topological polar surface area (TPSA) is 41.1 Å². The summed E-state index contributed by atoms with van der Waals surface area (Å²) >= 11 is 0. The van der Waals surface area contributed by atoms with Crippen LogP contribution in [0.15, 0.2) is 0 Å². The van der Waals surface area contributed by atoms with Crippen molar-refractivity contribution in [2.75, 3.05) is 13.1 Å². The highest BCUT2D eigenvalue weighted by Gasteiger charge is 2.21. The van der Waals surface area contributed by atoms with Crippen molar-refractivity contribution in [3.8, 4) is 0 Å². The first-order chi connectivity index (χ1) is 6.74. The molecule has 0 bridgehead atoms. The summed E-state index contributed by atoms with van der Waals surface area (Å²) in [6.07, 6.45) is 5.36. The Hall–Kier alpha value is -0.570. The number of likely N-dealkylation sites (N-methyl/N-ethyl adjacent to an activating group) is 1. The predicted octanol–water partition coefficient (Wildman–Crippen LogP) is 1.29. The molecular formula is C11H22N2O. The Kier molecular flexibility index (Phi) is 4.94. The van der Waals surface area contributed by atoms with E-state index in [0.29, 0.717) is 12.6 Å². The molecule has 0 radical (unpaired) electrons. The van der Waals surface area contributed by atoms with E-state index in [0.717, 1.165) is 12.5 Å². The van der Waals surface area contributed by atoms with E-state index in [2.05, 4.69) is 17.6 Å². The minimum Gasteiger partial charge on any atom is -0.355 e. The van der Waals surface area contributed by atoms with Gasteiger partial charge in [-0.25, -0.2) is 0 Å². The van der Waals surface area contributed by atoms with Crippen LogP contribution >= 0.6 is 0 Å². The quantitative estimate of drug-likeness (QED) is 0.699. The van der Waals surface area contributed by atoms with Gasteiger partial charge in [-0.3, -0.25) is 4.79 Å². The number of hydrogen-bond donors (Lipinski definition) is 2. The molecule has 1 rings (SSSR count). The molecule has 14 heavy (non-hydrogen) atoms. The van der Waals surface area contributed by atoms with Gasteiger partial charge in [0.15, 0.2) is 0 Å². The Bertz CT molecular complexity index is 176. The molecule has 1 aliphatic carbocycles. The highest BCUT2D eigenvalue weighted by atomic mass is 16.1. The third-order valence-electron chi connectivity index (χ3n) is 3.07. The molecule has 1 aliphatic rings. The normalized spacial score (nSPS) is 19.6. The van der Waals surface area contributed by atoms with Crippen molar-refractivity contribution in [3.05, 3.63) is 0 Å². The van der Waals surface area contributed by atoms with Crippen LogP contribution in [-0.4, -0.2) is 25.0 Å². The van der Waals surface area contributed by atoms with Crippen molar-refractivity contribution in [1.82, 2.24) is 10.6 Å². The van der Waals surface area contributed by atoms with Gasteiger partial charge in [0, 0.05) is 12.6 Å². The first-order valence-electron chi connectivity index (χ1n) is 5.74. The summed E-state index contributed by atoms with van der Waals surface area (Å²) in [6.45, 7) is 5.32. The van der Waals surface area contributed by atoms with Crippen LogP contribution in [-0.2, 0) is 4.79 Å². The maximum Gasteiger partial charge on any atom is 0.233 e. The summed E-state index contributed by atoms with van der Waals surface area (Å²) in [4.78, 5) is 11.2. The molecule has 1 amide bonds. The molecule has 3 nitrogen and oxygen atoms in total. The molecular weight excluding hydrogens is 176 g/mol. The van der Waals surface area contributed by atoms with Gasteiger partial charge in [0.25, 0.3) is 0 Å². The van der Waals surface area contributed by atoms with Crippen LogP contribution < -0.4 is 10.6 Å². The number of amides is 1. The molecule has 0 aromatic rings. The minimum absolute atomic E-state index is 0.109. The molecule has 0 aromatic carbocycles. The summed E-state index contributed by atoms with van der Waals surface area (Å²) in [5.74, 6) is 0.891. The molecule has 1 atom stereocenters. The van der Waals surface area contributed by atoms with Gasteiger partial charge in [-0.15, -0.1) is 0 Å².